The molecule has 0 heterocycles. The van der Waals surface area contributed by atoms with Crippen LogP contribution in [0.3, 0.4) is 0 Å². The van der Waals surface area contributed by atoms with Gasteiger partial charge in [-0.05, 0) is 12.7 Å². The summed E-state index contributed by atoms with van der Waals surface area (Å²) in [5.74, 6) is -0.902. The topological polar surface area (TPSA) is 38.7 Å². The summed E-state index contributed by atoms with van der Waals surface area (Å²) in [5, 5.41) is 9.33. The van der Waals surface area contributed by atoms with Gasteiger partial charge in [-0.1, -0.05) is 0 Å². The predicted octanol–water partition coefficient (Wildman–Crippen LogP) is 0.635. The van der Waals surface area contributed by atoms with Crippen LogP contribution in [0.25, 0.3) is 0 Å². The fourth-order valence-corrected chi connectivity index (χ4v) is 0.883. The molecule has 10 heavy (non-hydrogen) atoms. The zero-order valence-corrected chi connectivity index (χ0v) is 7.23. The normalized spacial score (nSPS) is 16.8. The fraction of sp³-hybridized carbons (Fsp3) is 1.00. The third-order valence-corrected chi connectivity index (χ3v) is 1.34. The van der Waals surface area contributed by atoms with Gasteiger partial charge in [-0.2, -0.15) is 12.6 Å². The lowest BCUT2D eigenvalue weighted by Gasteiger charge is -2.24. The monoisotopic (exact) mass is 166 g/mol. The summed E-state index contributed by atoms with van der Waals surface area (Å²) in [6, 6.07) is 0. The summed E-state index contributed by atoms with van der Waals surface area (Å²) in [5.41, 5.74) is 0. The van der Waals surface area contributed by atoms with Crippen LogP contribution in [0.15, 0.2) is 0 Å². The van der Waals surface area contributed by atoms with E-state index in [-0.39, 0.29) is 0 Å². The molecular weight excluding hydrogens is 152 g/mol. The molecule has 1 unspecified atom stereocenters. The van der Waals surface area contributed by atoms with Gasteiger partial charge in [0, 0.05) is 20.1 Å². The third kappa shape index (κ3) is 3.41. The van der Waals surface area contributed by atoms with Crippen molar-refractivity contribution in [2.24, 2.45) is 0 Å². The van der Waals surface area contributed by atoms with Crippen molar-refractivity contribution in [2.75, 3.05) is 19.5 Å². The minimum absolute atomic E-state index is 0.375. The molecule has 1 N–H and O–H groups in total. The van der Waals surface area contributed by atoms with Gasteiger partial charge in [-0.3, -0.25) is 0 Å². The Balaban J connectivity index is 3.69. The maximum absolute atomic E-state index is 9.33. The van der Waals surface area contributed by atoms with Gasteiger partial charge >= 0.3 is 0 Å². The minimum Gasteiger partial charge on any atom is -0.343 e. The highest BCUT2D eigenvalue weighted by Crippen LogP contribution is 2.12. The summed E-state index contributed by atoms with van der Waals surface area (Å²) < 4.78 is 9.61. The van der Waals surface area contributed by atoms with Gasteiger partial charge in [0.25, 0.3) is 5.97 Å². The first-order valence-electron chi connectivity index (χ1n) is 3.21. The molecule has 0 aromatic carbocycles. The Labute approximate surface area is 66.7 Å². The molecule has 0 aliphatic heterocycles. The zero-order chi connectivity index (χ0) is 8.04. The molecule has 0 spiro atoms. The first-order valence-corrected chi connectivity index (χ1v) is 3.84. The number of ether oxygens (including phenoxy) is 2. The van der Waals surface area contributed by atoms with Crippen LogP contribution in [0.1, 0.15) is 13.3 Å². The van der Waals surface area contributed by atoms with Crippen molar-refractivity contribution in [1.29, 1.82) is 0 Å². The predicted molar refractivity (Wildman–Crippen MR) is 42.1 cm³/mol. The zero-order valence-electron chi connectivity index (χ0n) is 6.33. The number of aliphatic hydroxyl groups is 1. The lowest BCUT2D eigenvalue weighted by Crippen LogP contribution is -2.35. The molecule has 0 saturated heterocycles. The summed E-state index contributed by atoms with van der Waals surface area (Å²) in [6.07, 6.45) is 0.375. The number of rotatable bonds is 5. The molecular formula is C6H14O3S. The molecule has 0 aliphatic rings. The van der Waals surface area contributed by atoms with Crippen LogP contribution in [0.2, 0.25) is 0 Å². The van der Waals surface area contributed by atoms with Crippen LogP contribution in [-0.4, -0.2) is 30.5 Å². The van der Waals surface area contributed by atoms with Crippen molar-refractivity contribution in [3.8, 4) is 0 Å². The van der Waals surface area contributed by atoms with Crippen molar-refractivity contribution in [3.05, 3.63) is 0 Å². The maximum Gasteiger partial charge on any atom is 0.280 e. The van der Waals surface area contributed by atoms with Crippen LogP contribution in [-0.2, 0) is 9.47 Å². The summed E-state index contributed by atoms with van der Waals surface area (Å²) >= 11 is 3.94. The van der Waals surface area contributed by atoms with E-state index in [2.05, 4.69) is 12.6 Å². The Morgan fingerprint density at radius 3 is 2.50 bits per heavy atom. The molecule has 0 saturated carbocycles. The molecule has 1 atom stereocenters. The summed E-state index contributed by atoms with van der Waals surface area (Å²) in [4.78, 5) is 0. The Hall–Kier alpha value is 0.230. The lowest BCUT2D eigenvalue weighted by molar-refractivity contribution is -0.348. The number of hydrogen-bond acceptors (Lipinski definition) is 4. The highest BCUT2D eigenvalue weighted by atomic mass is 32.1. The molecule has 0 radical (unpaired) electrons. The number of methoxy groups -OCH3 is 1. The van der Waals surface area contributed by atoms with Crippen LogP contribution < -0.4 is 0 Å². The standard InChI is InChI=1S/C6H14O3S/c1-3-9-6(7,8-2)4-5-10/h7,10H,3-5H2,1-2H3. The SMILES string of the molecule is CCOC(O)(CCS)OC. The molecule has 4 heteroatoms. The molecule has 0 aliphatic carbocycles. The second-order valence-corrected chi connectivity index (χ2v) is 2.27. The Bertz CT molecular complexity index is 81.1. The molecule has 0 aromatic heterocycles. The second-order valence-electron chi connectivity index (χ2n) is 1.82. The highest BCUT2D eigenvalue weighted by Gasteiger charge is 2.25. The quantitative estimate of drug-likeness (QED) is 0.465. The fourth-order valence-electron chi connectivity index (χ4n) is 0.600. The Morgan fingerprint density at radius 1 is 1.60 bits per heavy atom. The molecule has 0 amide bonds. The molecule has 3 nitrogen and oxygen atoms in total. The van der Waals surface area contributed by atoms with E-state index >= 15 is 0 Å². The smallest absolute Gasteiger partial charge is 0.280 e. The Kier molecular flexibility index (Phi) is 5.07. The van der Waals surface area contributed by atoms with E-state index in [1.165, 1.54) is 7.11 Å². The van der Waals surface area contributed by atoms with E-state index < -0.39 is 5.97 Å². The van der Waals surface area contributed by atoms with Crippen LogP contribution >= 0.6 is 12.6 Å². The number of thiol groups is 1. The van der Waals surface area contributed by atoms with Crippen molar-refractivity contribution < 1.29 is 14.6 Å². The van der Waals surface area contributed by atoms with Crippen molar-refractivity contribution in [2.45, 2.75) is 19.3 Å². The van der Waals surface area contributed by atoms with Crippen molar-refractivity contribution in [1.82, 2.24) is 0 Å². The second kappa shape index (κ2) is 4.96. The van der Waals surface area contributed by atoms with Gasteiger partial charge in [-0.25, -0.2) is 0 Å². The molecule has 0 bridgehead atoms. The summed E-state index contributed by atoms with van der Waals surface area (Å²) in [7, 11) is 1.40. The van der Waals surface area contributed by atoms with E-state index in [9.17, 15) is 5.11 Å². The lowest BCUT2D eigenvalue weighted by atomic mass is 10.4. The maximum atomic E-state index is 9.33. The van der Waals surface area contributed by atoms with E-state index in [0.717, 1.165) is 0 Å². The van der Waals surface area contributed by atoms with Gasteiger partial charge in [0.15, 0.2) is 0 Å². The molecule has 0 rings (SSSR count). The van der Waals surface area contributed by atoms with Gasteiger partial charge in [0.1, 0.15) is 0 Å². The van der Waals surface area contributed by atoms with Gasteiger partial charge in [0.05, 0.1) is 0 Å². The first-order chi connectivity index (χ1) is 4.68. The van der Waals surface area contributed by atoms with Gasteiger partial charge in [-0.15, -0.1) is 0 Å². The van der Waals surface area contributed by atoms with Crippen molar-refractivity contribution in [3.63, 3.8) is 0 Å². The highest BCUT2D eigenvalue weighted by molar-refractivity contribution is 7.80. The largest absolute Gasteiger partial charge is 0.343 e. The summed E-state index contributed by atoms with van der Waals surface area (Å²) in [6.45, 7) is 2.22. The van der Waals surface area contributed by atoms with Crippen LogP contribution in [0.5, 0.6) is 0 Å². The Morgan fingerprint density at radius 2 is 2.20 bits per heavy atom. The first kappa shape index (κ1) is 10.2. The third-order valence-electron chi connectivity index (χ3n) is 1.12. The van der Waals surface area contributed by atoms with Gasteiger partial charge < -0.3 is 14.6 Å². The van der Waals surface area contributed by atoms with E-state index in [1.807, 2.05) is 0 Å². The van der Waals surface area contributed by atoms with E-state index in [0.29, 0.717) is 18.8 Å². The molecule has 0 aromatic rings. The van der Waals surface area contributed by atoms with Crippen LogP contribution in [0.4, 0.5) is 0 Å². The number of hydrogen-bond donors (Lipinski definition) is 2. The average molecular weight is 166 g/mol. The average Bonchev–Trinajstić information content (AvgIpc) is 1.89. The van der Waals surface area contributed by atoms with E-state index in [1.54, 1.807) is 6.92 Å². The molecule has 0 fully saturated rings. The van der Waals surface area contributed by atoms with Crippen molar-refractivity contribution >= 4 is 12.6 Å². The molecule has 62 valence electrons. The van der Waals surface area contributed by atoms with Gasteiger partial charge in [0.2, 0.25) is 0 Å². The minimum atomic E-state index is -1.43. The van der Waals surface area contributed by atoms with E-state index in [4.69, 9.17) is 9.47 Å². The van der Waals surface area contributed by atoms with Crippen LogP contribution in [0, 0.1) is 0 Å².